The summed E-state index contributed by atoms with van der Waals surface area (Å²) in [7, 11) is 2.23. The predicted molar refractivity (Wildman–Crippen MR) is 117 cm³/mol. The molecule has 2 heterocycles. The lowest BCUT2D eigenvalue weighted by atomic mass is 9.99. The Morgan fingerprint density at radius 2 is 1.84 bits per heavy atom. The Balaban J connectivity index is 0.00000225. The van der Waals surface area contributed by atoms with Gasteiger partial charge in [0.2, 0.25) is 0 Å². The molecule has 6 heteroatoms. The number of halogens is 1. The molecule has 0 spiro atoms. The summed E-state index contributed by atoms with van der Waals surface area (Å²) in [4.78, 5) is 10.1. The Morgan fingerprint density at radius 1 is 1.04 bits per heavy atom. The minimum Gasteiger partial charge on any atom is -0.357 e. The molecule has 3 fully saturated rings. The van der Waals surface area contributed by atoms with Crippen LogP contribution in [0, 0.1) is 5.92 Å². The number of aliphatic imine (C=N–C) groups is 1. The summed E-state index contributed by atoms with van der Waals surface area (Å²) in [6, 6.07) is 1.42. The van der Waals surface area contributed by atoms with E-state index >= 15 is 0 Å². The van der Waals surface area contributed by atoms with Gasteiger partial charge >= 0.3 is 0 Å². The van der Waals surface area contributed by atoms with Crippen LogP contribution in [0.2, 0.25) is 0 Å². The van der Waals surface area contributed by atoms with E-state index in [0.717, 1.165) is 31.0 Å². The Labute approximate surface area is 171 Å². The van der Waals surface area contributed by atoms with E-state index in [1.165, 1.54) is 71.1 Å². The Morgan fingerprint density at radius 3 is 2.56 bits per heavy atom. The third-order valence-corrected chi connectivity index (χ3v) is 5.98. The Hall–Kier alpha value is -0.0800. The molecule has 0 amide bonds. The monoisotopic (exact) mass is 463 g/mol. The second-order valence-corrected chi connectivity index (χ2v) is 8.05. The maximum Gasteiger partial charge on any atom is 0.191 e. The fourth-order valence-electron chi connectivity index (χ4n) is 4.66. The van der Waals surface area contributed by atoms with Gasteiger partial charge in [-0.3, -0.25) is 9.89 Å². The second kappa shape index (κ2) is 10.9. The number of hydrogen-bond donors (Lipinski definition) is 2. The summed E-state index contributed by atoms with van der Waals surface area (Å²) in [6.07, 6.45) is 9.59. The van der Waals surface area contributed by atoms with Crippen LogP contribution in [0.25, 0.3) is 0 Å². The van der Waals surface area contributed by atoms with E-state index in [4.69, 9.17) is 4.99 Å². The molecule has 2 atom stereocenters. The zero-order chi connectivity index (χ0) is 16.8. The zero-order valence-electron chi connectivity index (χ0n) is 16.2. The van der Waals surface area contributed by atoms with Gasteiger partial charge in [0.05, 0.1) is 0 Å². The first kappa shape index (κ1) is 21.2. The molecule has 146 valence electrons. The average Bonchev–Trinajstić information content (AvgIpc) is 3.24. The van der Waals surface area contributed by atoms with Crippen LogP contribution >= 0.6 is 24.0 Å². The van der Waals surface area contributed by atoms with Gasteiger partial charge in [0.25, 0.3) is 0 Å². The van der Waals surface area contributed by atoms with E-state index in [0.29, 0.717) is 6.04 Å². The number of nitrogens with zero attached hydrogens (tertiary/aromatic N) is 3. The molecule has 2 unspecified atom stereocenters. The summed E-state index contributed by atoms with van der Waals surface area (Å²) in [5, 5.41) is 7.16. The number of hydrogen-bond acceptors (Lipinski definition) is 3. The molecule has 0 aromatic rings. The maximum absolute atomic E-state index is 4.91. The van der Waals surface area contributed by atoms with Crippen molar-refractivity contribution in [1.82, 2.24) is 20.4 Å². The topological polar surface area (TPSA) is 42.9 Å². The molecule has 5 nitrogen and oxygen atoms in total. The van der Waals surface area contributed by atoms with Crippen molar-refractivity contribution >= 4 is 29.9 Å². The predicted octanol–water partition coefficient (Wildman–Crippen LogP) is 2.52. The van der Waals surface area contributed by atoms with Crippen molar-refractivity contribution in [2.45, 2.75) is 64.0 Å². The Bertz CT molecular complexity index is 411. The number of piperidine rings is 1. The van der Waals surface area contributed by atoms with Crippen LogP contribution in [0.3, 0.4) is 0 Å². The quantitative estimate of drug-likeness (QED) is 0.374. The van der Waals surface area contributed by atoms with Crippen LogP contribution in [0.4, 0.5) is 0 Å². The minimum atomic E-state index is 0. The van der Waals surface area contributed by atoms with E-state index < -0.39 is 0 Å². The van der Waals surface area contributed by atoms with Gasteiger partial charge in [-0.15, -0.1) is 24.0 Å². The molecule has 0 aromatic carbocycles. The standard InChI is InChI=1S/C19H37N5.HI/c1-3-20-19(21-13-16-7-6-11-23(2)14-16)22-17-10-12-24(15-17)18-8-4-5-9-18;/h16-18H,3-15H2,1-2H3,(H2,20,21,22);1H. The molecule has 3 aliphatic rings. The van der Waals surface area contributed by atoms with Crippen molar-refractivity contribution < 1.29 is 0 Å². The highest BCUT2D eigenvalue weighted by atomic mass is 127. The van der Waals surface area contributed by atoms with E-state index in [9.17, 15) is 0 Å². The van der Waals surface area contributed by atoms with Crippen LogP contribution in [0.5, 0.6) is 0 Å². The van der Waals surface area contributed by atoms with Crippen LogP contribution in [0.15, 0.2) is 4.99 Å². The summed E-state index contributed by atoms with van der Waals surface area (Å²) in [5.74, 6) is 1.75. The largest absolute Gasteiger partial charge is 0.357 e. The second-order valence-electron chi connectivity index (χ2n) is 8.05. The first-order valence-corrected chi connectivity index (χ1v) is 10.2. The van der Waals surface area contributed by atoms with Gasteiger partial charge in [0.1, 0.15) is 0 Å². The number of likely N-dealkylation sites (tertiary alicyclic amines) is 2. The van der Waals surface area contributed by atoms with Crippen LogP contribution in [-0.4, -0.2) is 74.2 Å². The Kier molecular flexibility index (Phi) is 9.27. The normalized spacial score (nSPS) is 29.6. The molecule has 0 radical (unpaired) electrons. The molecule has 1 aliphatic carbocycles. The van der Waals surface area contributed by atoms with Crippen LogP contribution in [0.1, 0.15) is 51.9 Å². The van der Waals surface area contributed by atoms with Crippen molar-refractivity contribution in [1.29, 1.82) is 0 Å². The van der Waals surface area contributed by atoms with E-state index in [1.54, 1.807) is 0 Å². The van der Waals surface area contributed by atoms with Gasteiger partial charge in [0.15, 0.2) is 5.96 Å². The zero-order valence-corrected chi connectivity index (χ0v) is 18.5. The fourth-order valence-corrected chi connectivity index (χ4v) is 4.66. The van der Waals surface area contributed by atoms with Gasteiger partial charge in [-0.25, -0.2) is 0 Å². The molecular formula is C19H38IN5. The minimum absolute atomic E-state index is 0. The molecule has 0 bridgehead atoms. The van der Waals surface area contributed by atoms with Crippen molar-refractivity contribution in [2.75, 3.05) is 46.3 Å². The molecule has 2 saturated heterocycles. The van der Waals surface area contributed by atoms with Crippen LogP contribution < -0.4 is 10.6 Å². The number of rotatable bonds is 5. The van der Waals surface area contributed by atoms with Crippen molar-refractivity contribution in [3.8, 4) is 0 Å². The van der Waals surface area contributed by atoms with Crippen molar-refractivity contribution in [2.24, 2.45) is 10.9 Å². The van der Waals surface area contributed by atoms with Gasteiger partial charge in [0, 0.05) is 44.8 Å². The van der Waals surface area contributed by atoms with Gasteiger partial charge in [-0.05, 0) is 58.5 Å². The van der Waals surface area contributed by atoms with E-state index in [-0.39, 0.29) is 24.0 Å². The lowest BCUT2D eigenvalue weighted by Gasteiger charge is -2.29. The smallest absolute Gasteiger partial charge is 0.191 e. The fraction of sp³-hybridized carbons (Fsp3) is 0.947. The van der Waals surface area contributed by atoms with Gasteiger partial charge in [-0.1, -0.05) is 12.8 Å². The lowest BCUT2D eigenvalue weighted by Crippen LogP contribution is -2.45. The molecule has 25 heavy (non-hydrogen) atoms. The molecular weight excluding hydrogens is 425 g/mol. The maximum atomic E-state index is 4.91. The number of guanidine groups is 1. The third-order valence-electron chi connectivity index (χ3n) is 5.98. The van der Waals surface area contributed by atoms with Crippen LogP contribution in [-0.2, 0) is 0 Å². The summed E-state index contributed by atoms with van der Waals surface area (Å²) < 4.78 is 0. The first-order valence-electron chi connectivity index (χ1n) is 10.2. The van der Waals surface area contributed by atoms with Crippen molar-refractivity contribution in [3.63, 3.8) is 0 Å². The SMILES string of the molecule is CCNC(=NCC1CCCN(C)C1)NC1CCN(C2CCCC2)C1.I. The molecule has 2 N–H and O–H groups in total. The molecule has 0 aromatic heterocycles. The highest BCUT2D eigenvalue weighted by molar-refractivity contribution is 14.0. The summed E-state index contributed by atoms with van der Waals surface area (Å²) in [5.41, 5.74) is 0. The van der Waals surface area contributed by atoms with Gasteiger partial charge < -0.3 is 15.5 Å². The third kappa shape index (κ3) is 6.54. The summed E-state index contributed by atoms with van der Waals surface area (Å²) in [6.45, 7) is 8.95. The molecule has 1 saturated carbocycles. The van der Waals surface area contributed by atoms with E-state index in [2.05, 4.69) is 34.4 Å². The molecule has 2 aliphatic heterocycles. The van der Waals surface area contributed by atoms with E-state index in [1.807, 2.05) is 0 Å². The van der Waals surface area contributed by atoms with Gasteiger partial charge in [-0.2, -0.15) is 0 Å². The highest BCUT2D eigenvalue weighted by Crippen LogP contribution is 2.26. The average molecular weight is 463 g/mol. The highest BCUT2D eigenvalue weighted by Gasteiger charge is 2.30. The summed E-state index contributed by atoms with van der Waals surface area (Å²) >= 11 is 0. The lowest BCUT2D eigenvalue weighted by molar-refractivity contribution is 0.214. The number of nitrogens with one attached hydrogen (secondary N) is 2. The first-order chi connectivity index (χ1) is 11.7. The van der Waals surface area contributed by atoms with Crippen molar-refractivity contribution in [3.05, 3.63) is 0 Å². The molecule has 3 rings (SSSR count).